The normalized spacial score (nSPS) is 14.1. The molecule has 0 aliphatic carbocycles. The number of rotatable bonds is 5. The summed E-state index contributed by atoms with van der Waals surface area (Å²) in [5.74, 6) is -0.0457. The number of nitrogens with zero attached hydrogens (tertiary/aromatic N) is 2. The van der Waals surface area contributed by atoms with Gasteiger partial charge in [0, 0.05) is 24.3 Å². The SMILES string of the molecule is CCN(CC)S(=O)(=O)c1cc(NC(=O)N2CCOc3cccc(F)c3C2)ccc1Cl. The summed E-state index contributed by atoms with van der Waals surface area (Å²) in [6.07, 6.45) is 0. The molecule has 3 rings (SSSR count). The molecule has 30 heavy (non-hydrogen) atoms. The quantitative estimate of drug-likeness (QED) is 0.740. The second kappa shape index (κ2) is 9.20. The minimum absolute atomic E-state index is 0.0338. The fourth-order valence-electron chi connectivity index (χ4n) is 3.22. The first-order chi connectivity index (χ1) is 14.3. The fourth-order valence-corrected chi connectivity index (χ4v) is 5.18. The zero-order chi connectivity index (χ0) is 21.9. The summed E-state index contributed by atoms with van der Waals surface area (Å²) in [5, 5.41) is 2.74. The van der Waals surface area contributed by atoms with Crippen molar-refractivity contribution in [2.24, 2.45) is 0 Å². The van der Waals surface area contributed by atoms with E-state index < -0.39 is 21.9 Å². The highest BCUT2D eigenvalue weighted by molar-refractivity contribution is 7.89. The summed E-state index contributed by atoms with van der Waals surface area (Å²) in [5.41, 5.74) is 0.570. The van der Waals surface area contributed by atoms with Crippen LogP contribution in [0.5, 0.6) is 5.75 Å². The molecule has 2 aromatic rings. The van der Waals surface area contributed by atoms with Crippen LogP contribution in [-0.4, -0.2) is 49.9 Å². The van der Waals surface area contributed by atoms with E-state index in [0.29, 0.717) is 24.4 Å². The molecule has 1 N–H and O–H groups in total. The van der Waals surface area contributed by atoms with E-state index in [1.54, 1.807) is 26.0 Å². The minimum Gasteiger partial charge on any atom is -0.491 e. The van der Waals surface area contributed by atoms with Gasteiger partial charge in [-0.15, -0.1) is 0 Å². The average Bonchev–Trinajstić information content (AvgIpc) is 2.94. The second-order valence-corrected chi connectivity index (χ2v) is 8.96. The molecule has 0 saturated carbocycles. The molecule has 0 radical (unpaired) electrons. The number of ether oxygens (including phenoxy) is 1. The molecule has 2 amide bonds. The maximum absolute atomic E-state index is 14.2. The number of amides is 2. The first-order valence-corrected chi connectivity index (χ1v) is 11.4. The summed E-state index contributed by atoms with van der Waals surface area (Å²) in [6.45, 7) is 4.56. The number of nitrogens with one attached hydrogen (secondary N) is 1. The van der Waals surface area contributed by atoms with Gasteiger partial charge in [0.1, 0.15) is 23.1 Å². The number of anilines is 1. The summed E-state index contributed by atoms with van der Waals surface area (Å²) >= 11 is 6.13. The second-order valence-electron chi connectivity index (χ2n) is 6.65. The number of carbonyl (C=O) groups is 1. The highest BCUT2D eigenvalue weighted by Crippen LogP contribution is 2.29. The van der Waals surface area contributed by atoms with Gasteiger partial charge in [-0.3, -0.25) is 0 Å². The minimum atomic E-state index is -3.80. The fraction of sp³-hybridized carbons (Fsp3) is 0.350. The van der Waals surface area contributed by atoms with Crippen molar-refractivity contribution in [2.75, 3.05) is 31.6 Å². The molecule has 0 fully saturated rings. The third kappa shape index (κ3) is 4.53. The summed E-state index contributed by atoms with van der Waals surface area (Å²) in [6, 6.07) is 8.30. The Morgan fingerprint density at radius 3 is 2.70 bits per heavy atom. The lowest BCUT2D eigenvalue weighted by Crippen LogP contribution is -2.36. The van der Waals surface area contributed by atoms with Crippen molar-refractivity contribution in [1.82, 2.24) is 9.21 Å². The van der Waals surface area contributed by atoms with E-state index >= 15 is 0 Å². The number of benzene rings is 2. The molecule has 1 heterocycles. The van der Waals surface area contributed by atoms with Crippen LogP contribution in [0.4, 0.5) is 14.9 Å². The first kappa shape index (κ1) is 22.3. The van der Waals surface area contributed by atoms with E-state index in [1.165, 1.54) is 33.5 Å². The van der Waals surface area contributed by atoms with Crippen LogP contribution < -0.4 is 10.1 Å². The Morgan fingerprint density at radius 1 is 1.27 bits per heavy atom. The molecular weight excluding hydrogens is 433 g/mol. The molecule has 162 valence electrons. The van der Waals surface area contributed by atoms with E-state index in [2.05, 4.69) is 5.32 Å². The maximum atomic E-state index is 14.2. The molecular formula is C20H23ClFN3O4S. The van der Waals surface area contributed by atoms with Crippen molar-refractivity contribution in [3.8, 4) is 5.75 Å². The zero-order valence-electron chi connectivity index (χ0n) is 16.7. The Bertz CT molecular complexity index is 1040. The maximum Gasteiger partial charge on any atom is 0.322 e. The van der Waals surface area contributed by atoms with Gasteiger partial charge in [0.15, 0.2) is 0 Å². The molecule has 0 spiro atoms. The Labute approximate surface area is 180 Å². The predicted octanol–water partition coefficient (Wildman–Crippen LogP) is 3.94. The summed E-state index contributed by atoms with van der Waals surface area (Å²) < 4.78 is 46.6. The van der Waals surface area contributed by atoms with Crippen LogP contribution in [0.25, 0.3) is 0 Å². The van der Waals surface area contributed by atoms with Crippen molar-refractivity contribution in [2.45, 2.75) is 25.3 Å². The van der Waals surface area contributed by atoms with Crippen molar-refractivity contribution < 1.29 is 22.3 Å². The van der Waals surface area contributed by atoms with Crippen molar-refractivity contribution in [1.29, 1.82) is 0 Å². The lowest BCUT2D eigenvalue weighted by atomic mass is 10.2. The van der Waals surface area contributed by atoms with Crippen molar-refractivity contribution >= 4 is 33.3 Å². The molecule has 2 aromatic carbocycles. The number of hydrogen-bond donors (Lipinski definition) is 1. The Morgan fingerprint density at radius 2 is 2.00 bits per heavy atom. The number of urea groups is 1. The van der Waals surface area contributed by atoms with Gasteiger partial charge >= 0.3 is 6.03 Å². The van der Waals surface area contributed by atoms with E-state index in [0.717, 1.165) is 0 Å². The first-order valence-electron chi connectivity index (χ1n) is 9.53. The molecule has 0 atom stereocenters. The van der Waals surface area contributed by atoms with Crippen LogP contribution in [0.3, 0.4) is 0 Å². The van der Waals surface area contributed by atoms with E-state index in [9.17, 15) is 17.6 Å². The molecule has 0 saturated heterocycles. The molecule has 1 aliphatic heterocycles. The number of sulfonamides is 1. The number of carbonyl (C=O) groups excluding carboxylic acids is 1. The molecule has 1 aliphatic rings. The summed E-state index contributed by atoms with van der Waals surface area (Å²) in [4.78, 5) is 14.1. The Kier molecular flexibility index (Phi) is 6.84. The van der Waals surface area contributed by atoms with Crippen molar-refractivity contribution in [3.05, 3.63) is 52.8 Å². The largest absolute Gasteiger partial charge is 0.491 e. The third-order valence-corrected chi connectivity index (χ3v) is 7.37. The highest BCUT2D eigenvalue weighted by atomic mass is 35.5. The highest BCUT2D eigenvalue weighted by Gasteiger charge is 2.26. The predicted molar refractivity (Wildman–Crippen MR) is 113 cm³/mol. The van der Waals surface area contributed by atoms with Gasteiger partial charge in [0.25, 0.3) is 0 Å². The van der Waals surface area contributed by atoms with Gasteiger partial charge in [0.05, 0.1) is 18.1 Å². The van der Waals surface area contributed by atoms with Gasteiger partial charge in [-0.25, -0.2) is 17.6 Å². The lowest BCUT2D eigenvalue weighted by Gasteiger charge is -2.22. The summed E-state index contributed by atoms with van der Waals surface area (Å²) in [7, 11) is -3.80. The topological polar surface area (TPSA) is 79.0 Å². The van der Waals surface area contributed by atoms with Crippen LogP contribution >= 0.6 is 11.6 Å². The standard InChI is InChI=1S/C20H23ClFN3O4S/c1-3-25(4-2)30(27,28)19-12-14(8-9-16(19)21)23-20(26)24-10-11-29-18-7-5-6-17(22)15(18)13-24/h5-9,12H,3-4,10-11,13H2,1-2H3,(H,23,26). The van der Waals surface area contributed by atoms with Gasteiger partial charge in [-0.2, -0.15) is 4.31 Å². The van der Waals surface area contributed by atoms with E-state index in [-0.39, 0.29) is 35.3 Å². The molecule has 7 nitrogen and oxygen atoms in total. The average molecular weight is 456 g/mol. The van der Waals surface area contributed by atoms with Gasteiger partial charge in [-0.1, -0.05) is 31.5 Å². The number of halogens is 2. The van der Waals surface area contributed by atoms with Gasteiger partial charge < -0.3 is 15.0 Å². The molecule has 0 bridgehead atoms. The van der Waals surface area contributed by atoms with E-state index in [4.69, 9.17) is 16.3 Å². The number of hydrogen-bond acceptors (Lipinski definition) is 4. The van der Waals surface area contributed by atoms with E-state index in [1.807, 2.05) is 0 Å². The van der Waals surface area contributed by atoms with Crippen LogP contribution in [0.1, 0.15) is 19.4 Å². The van der Waals surface area contributed by atoms with Crippen molar-refractivity contribution in [3.63, 3.8) is 0 Å². The lowest BCUT2D eigenvalue weighted by molar-refractivity contribution is 0.200. The Hall–Kier alpha value is -2.36. The third-order valence-electron chi connectivity index (χ3n) is 4.84. The molecule has 0 aromatic heterocycles. The Balaban J connectivity index is 1.83. The van der Waals surface area contributed by atoms with Crippen LogP contribution in [0, 0.1) is 5.82 Å². The molecule has 0 unspecified atom stereocenters. The molecule has 10 heteroatoms. The van der Waals surface area contributed by atoms with Crippen LogP contribution in [0.2, 0.25) is 5.02 Å². The zero-order valence-corrected chi connectivity index (χ0v) is 18.3. The smallest absolute Gasteiger partial charge is 0.322 e. The van der Waals surface area contributed by atoms with Crippen LogP contribution in [0.15, 0.2) is 41.3 Å². The van der Waals surface area contributed by atoms with Gasteiger partial charge in [0.2, 0.25) is 10.0 Å². The van der Waals surface area contributed by atoms with Crippen LogP contribution in [-0.2, 0) is 16.6 Å². The van der Waals surface area contributed by atoms with Gasteiger partial charge in [-0.05, 0) is 30.3 Å². The monoisotopic (exact) mass is 455 g/mol. The number of fused-ring (bicyclic) bond motifs is 1.